The Hall–Kier alpha value is -1.03. The first-order valence-corrected chi connectivity index (χ1v) is 7.35. The van der Waals surface area contributed by atoms with Gasteiger partial charge in [0, 0.05) is 17.3 Å². The van der Waals surface area contributed by atoms with Crippen LogP contribution in [0.2, 0.25) is 10.0 Å². The molecule has 0 fully saturated rings. The molecular weight excluding hydrogens is 293 g/mol. The smallest absolute Gasteiger partial charge is 0.0677 e. The molecule has 2 rings (SSSR count). The molecule has 0 aliphatic heterocycles. The van der Waals surface area contributed by atoms with Crippen molar-refractivity contribution in [1.29, 1.82) is 0 Å². The monoisotopic (exact) mass is 311 g/mol. The van der Waals surface area contributed by atoms with Gasteiger partial charge in [-0.1, -0.05) is 35.3 Å². The van der Waals surface area contributed by atoms with Gasteiger partial charge in [0.05, 0.1) is 22.3 Å². The molecule has 0 saturated heterocycles. The van der Waals surface area contributed by atoms with Crippen LogP contribution >= 0.6 is 23.2 Å². The van der Waals surface area contributed by atoms with Crippen molar-refractivity contribution >= 4 is 23.2 Å². The topological polar surface area (TPSA) is 29.9 Å². The van der Waals surface area contributed by atoms with E-state index in [4.69, 9.17) is 23.2 Å². The van der Waals surface area contributed by atoms with Crippen molar-refractivity contribution in [3.05, 3.63) is 50.8 Å². The first kappa shape index (κ1) is 15.4. The fraction of sp³-hybridized carbons (Fsp3) is 0.400. The van der Waals surface area contributed by atoms with Crippen LogP contribution in [0, 0.1) is 13.8 Å². The van der Waals surface area contributed by atoms with Crippen molar-refractivity contribution in [1.82, 2.24) is 15.1 Å². The van der Waals surface area contributed by atoms with E-state index in [0.717, 1.165) is 17.0 Å². The lowest BCUT2D eigenvalue weighted by atomic mass is 10.1. The normalized spacial score (nSPS) is 12.7. The van der Waals surface area contributed by atoms with Crippen LogP contribution in [0.15, 0.2) is 18.2 Å². The number of hydrogen-bond donors (Lipinski definition) is 1. The van der Waals surface area contributed by atoms with Crippen LogP contribution in [0.3, 0.4) is 0 Å². The lowest BCUT2D eigenvalue weighted by molar-refractivity contribution is 0.632. The summed E-state index contributed by atoms with van der Waals surface area (Å²) in [6.45, 7) is 6.88. The third-order valence-corrected chi connectivity index (χ3v) is 4.51. The number of aromatic nitrogens is 2. The zero-order valence-corrected chi connectivity index (χ0v) is 13.7. The minimum Gasteiger partial charge on any atom is -0.313 e. The summed E-state index contributed by atoms with van der Waals surface area (Å²) >= 11 is 12.3. The Morgan fingerprint density at radius 1 is 1.30 bits per heavy atom. The summed E-state index contributed by atoms with van der Waals surface area (Å²) in [6, 6.07) is 5.96. The molecule has 1 aromatic carbocycles. The van der Waals surface area contributed by atoms with E-state index in [9.17, 15) is 0 Å². The first-order valence-electron chi connectivity index (χ1n) is 6.59. The predicted molar refractivity (Wildman–Crippen MR) is 84.7 cm³/mol. The fourth-order valence-electron chi connectivity index (χ4n) is 2.47. The van der Waals surface area contributed by atoms with Gasteiger partial charge in [0.2, 0.25) is 0 Å². The van der Waals surface area contributed by atoms with E-state index in [1.165, 1.54) is 5.56 Å². The van der Waals surface area contributed by atoms with Crippen molar-refractivity contribution in [2.24, 2.45) is 0 Å². The number of halogens is 2. The molecule has 1 heterocycles. The van der Waals surface area contributed by atoms with Gasteiger partial charge in [-0.15, -0.1) is 0 Å². The van der Waals surface area contributed by atoms with E-state index in [-0.39, 0.29) is 6.04 Å². The van der Waals surface area contributed by atoms with Gasteiger partial charge in [0.1, 0.15) is 0 Å². The van der Waals surface area contributed by atoms with Crippen LogP contribution in [0.25, 0.3) is 0 Å². The molecule has 0 radical (unpaired) electrons. The van der Waals surface area contributed by atoms with Crippen molar-refractivity contribution in [3.8, 4) is 0 Å². The Kier molecular flexibility index (Phi) is 4.74. The maximum Gasteiger partial charge on any atom is 0.0677 e. The SMILES string of the molecule is CNC(C)c1c(C)nn(Cc2cccc(Cl)c2Cl)c1C. The summed E-state index contributed by atoms with van der Waals surface area (Å²) < 4.78 is 1.98. The largest absolute Gasteiger partial charge is 0.313 e. The second-order valence-electron chi connectivity index (χ2n) is 4.97. The molecule has 0 amide bonds. The van der Waals surface area contributed by atoms with E-state index < -0.39 is 0 Å². The van der Waals surface area contributed by atoms with E-state index in [1.54, 1.807) is 6.07 Å². The highest BCUT2D eigenvalue weighted by molar-refractivity contribution is 6.42. The molecule has 1 atom stereocenters. The second kappa shape index (κ2) is 6.17. The third kappa shape index (κ3) is 2.85. The maximum absolute atomic E-state index is 6.25. The molecule has 0 aliphatic rings. The number of aryl methyl sites for hydroxylation is 1. The van der Waals surface area contributed by atoms with Crippen molar-refractivity contribution in [3.63, 3.8) is 0 Å². The summed E-state index contributed by atoms with van der Waals surface area (Å²) in [7, 11) is 1.95. The zero-order valence-electron chi connectivity index (χ0n) is 12.2. The minimum absolute atomic E-state index is 0.276. The molecule has 0 saturated carbocycles. The summed E-state index contributed by atoms with van der Waals surface area (Å²) in [4.78, 5) is 0. The van der Waals surface area contributed by atoms with Gasteiger partial charge in [0.25, 0.3) is 0 Å². The van der Waals surface area contributed by atoms with Crippen molar-refractivity contribution in [2.75, 3.05) is 7.05 Å². The number of nitrogens with zero attached hydrogens (tertiary/aromatic N) is 2. The van der Waals surface area contributed by atoms with Crippen LogP contribution in [-0.4, -0.2) is 16.8 Å². The molecule has 0 spiro atoms. The van der Waals surface area contributed by atoms with E-state index in [2.05, 4.69) is 24.3 Å². The summed E-state index contributed by atoms with van der Waals surface area (Å²) in [5, 5.41) is 9.06. The van der Waals surface area contributed by atoms with Crippen LogP contribution in [-0.2, 0) is 6.54 Å². The standard InChI is InChI=1S/C15H19Cl2N3/c1-9(18-4)14-10(2)19-20(11(14)3)8-12-6-5-7-13(16)15(12)17/h5-7,9,18H,8H2,1-4H3. The number of hydrogen-bond acceptors (Lipinski definition) is 2. The van der Waals surface area contributed by atoms with Crippen LogP contribution in [0.5, 0.6) is 0 Å². The zero-order chi connectivity index (χ0) is 14.9. The van der Waals surface area contributed by atoms with Crippen LogP contribution in [0.1, 0.15) is 35.5 Å². The molecule has 20 heavy (non-hydrogen) atoms. The Morgan fingerprint density at radius 2 is 2.00 bits per heavy atom. The van der Waals surface area contributed by atoms with Gasteiger partial charge in [-0.3, -0.25) is 4.68 Å². The summed E-state index contributed by atoms with van der Waals surface area (Å²) in [6.07, 6.45) is 0. The first-order chi connectivity index (χ1) is 9.45. The Morgan fingerprint density at radius 3 is 2.65 bits per heavy atom. The highest BCUT2D eigenvalue weighted by atomic mass is 35.5. The van der Waals surface area contributed by atoms with Gasteiger partial charge >= 0.3 is 0 Å². The molecule has 3 nitrogen and oxygen atoms in total. The molecule has 1 unspecified atom stereocenters. The number of nitrogens with one attached hydrogen (secondary N) is 1. The van der Waals surface area contributed by atoms with E-state index >= 15 is 0 Å². The molecule has 0 bridgehead atoms. The number of benzene rings is 1. The third-order valence-electron chi connectivity index (χ3n) is 3.66. The quantitative estimate of drug-likeness (QED) is 0.920. The fourth-order valence-corrected chi connectivity index (χ4v) is 2.85. The Balaban J connectivity index is 2.38. The van der Waals surface area contributed by atoms with E-state index in [0.29, 0.717) is 16.6 Å². The van der Waals surface area contributed by atoms with Gasteiger partial charge in [0.15, 0.2) is 0 Å². The Labute approximate surface area is 129 Å². The highest BCUT2D eigenvalue weighted by Crippen LogP contribution is 2.27. The molecule has 5 heteroatoms. The predicted octanol–water partition coefficient (Wildman–Crippen LogP) is 4.14. The average Bonchev–Trinajstić information content (AvgIpc) is 2.69. The van der Waals surface area contributed by atoms with Crippen molar-refractivity contribution < 1.29 is 0 Å². The molecule has 1 N–H and O–H groups in total. The molecule has 0 aliphatic carbocycles. The van der Waals surface area contributed by atoms with E-state index in [1.807, 2.05) is 30.8 Å². The van der Waals surface area contributed by atoms with Gasteiger partial charge in [-0.25, -0.2) is 0 Å². The number of rotatable bonds is 4. The van der Waals surface area contributed by atoms with Crippen LogP contribution in [0.4, 0.5) is 0 Å². The lowest BCUT2D eigenvalue weighted by Crippen LogP contribution is -2.14. The minimum atomic E-state index is 0.276. The molecule has 2 aromatic rings. The lowest BCUT2D eigenvalue weighted by Gasteiger charge is -2.12. The maximum atomic E-state index is 6.25. The Bertz CT molecular complexity index is 620. The second-order valence-corrected chi connectivity index (χ2v) is 5.75. The molecule has 1 aromatic heterocycles. The van der Waals surface area contributed by atoms with Gasteiger partial charge in [-0.2, -0.15) is 5.10 Å². The van der Waals surface area contributed by atoms with Gasteiger partial charge < -0.3 is 5.32 Å². The molecule has 108 valence electrons. The summed E-state index contributed by atoms with van der Waals surface area (Å²) in [5.74, 6) is 0. The van der Waals surface area contributed by atoms with Crippen LogP contribution < -0.4 is 5.32 Å². The molecular formula is C15H19Cl2N3. The van der Waals surface area contributed by atoms with Gasteiger partial charge in [-0.05, 0) is 39.4 Å². The summed E-state index contributed by atoms with van der Waals surface area (Å²) in [5.41, 5.74) is 4.42. The van der Waals surface area contributed by atoms with Crippen molar-refractivity contribution in [2.45, 2.75) is 33.4 Å². The average molecular weight is 312 g/mol. The highest BCUT2D eigenvalue weighted by Gasteiger charge is 2.17.